The van der Waals surface area contributed by atoms with Crippen LogP contribution < -0.4 is 0 Å². The van der Waals surface area contributed by atoms with Gasteiger partial charge in [-0.05, 0) is 25.7 Å². The van der Waals surface area contributed by atoms with Crippen LogP contribution in [-0.4, -0.2) is 36.3 Å². The summed E-state index contributed by atoms with van der Waals surface area (Å²) in [5.41, 5.74) is 2.79. The standard InChI is InChI=1S/C13H16N2O2S2/c1-7-6-9(17-14-7)10-8(2)11(12(16)15(3)4)19-13(10)18-5/h6H,1-5H3. The fraction of sp³-hybridized carbons (Fsp3) is 0.385. The number of rotatable bonds is 3. The van der Waals surface area contributed by atoms with Crippen molar-refractivity contribution in [3.05, 3.63) is 22.2 Å². The van der Waals surface area contributed by atoms with E-state index in [4.69, 9.17) is 4.52 Å². The van der Waals surface area contributed by atoms with E-state index in [1.54, 1.807) is 30.8 Å². The first-order valence-corrected chi connectivity index (χ1v) is 7.82. The topological polar surface area (TPSA) is 46.3 Å². The molecule has 2 aromatic rings. The number of hydrogen-bond donors (Lipinski definition) is 0. The van der Waals surface area contributed by atoms with Crippen molar-refractivity contribution >= 4 is 29.0 Å². The Bertz CT molecular complexity index is 614. The van der Waals surface area contributed by atoms with Crippen LogP contribution in [0.25, 0.3) is 11.3 Å². The van der Waals surface area contributed by atoms with E-state index in [0.29, 0.717) is 0 Å². The zero-order valence-corrected chi connectivity index (χ0v) is 13.2. The van der Waals surface area contributed by atoms with Gasteiger partial charge in [-0.1, -0.05) is 5.16 Å². The van der Waals surface area contributed by atoms with Crippen molar-refractivity contribution in [3.63, 3.8) is 0 Å². The molecule has 0 aromatic carbocycles. The molecule has 2 rings (SSSR count). The summed E-state index contributed by atoms with van der Waals surface area (Å²) < 4.78 is 6.43. The average Bonchev–Trinajstić information content (AvgIpc) is 2.91. The normalized spacial score (nSPS) is 10.8. The molecule has 102 valence electrons. The SMILES string of the molecule is CSc1sc(C(=O)N(C)C)c(C)c1-c1cc(C)no1. The summed E-state index contributed by atoms with van der Waals surface area (Å²) in [4.78, 5) is 14.5. The average molecular weight is 296 g/mol. The van der Waals surface area contributed by atoms with E-state index in [-0.39, 0.29) is 5.91 Å². The van der Waals surface area contributed by atoms with Gasteiger partial charge in [-0.3, -0.25) is 4.79 Å². The van der Waals surface area contributed by atoms with Crippen LogP contribution >= 0.6 is 23.1 Å². The number of carbonyl (C=O) groups excluding carboxylic acids is 1. The largest absolute Gasteiger partial charge is 0.356 e. The highest BCUT2D eigenvalue weighted by molar-refractivity contribution is 8.00. The number of thioether (sulfide) groups is 1. The van der Waals surface area contributed by atoms with Gasteiger partial charge in [0.05, 0.1) is 14.8 Å². The van der Waals surface area contributed by atoms with Gasteiger partial charge in [0.25, 0.3) is 5.91 Å². The van der Waals surface area contributed by atoms with Crippen molar-refractivity contribution in [1.29, 1.82) is 0 Å². The van der Waals surface area contributed by atoms with E-state index < -0.39 is 0 Å². The predicted octanol–water partition coefficient (Wildman–Crippen LogP) is 3.44. The Morgan fingerprint density at radius 1 is 1.42 bits per heavy atom. The van der Waals surface area contributed by atoms with Gasteiger partial charge in [0.2, 0.25) is 0 Å². The molecule has 6 heteroatoms. The molecule has 19 heavy (non-hydrogen) atoms. The molecule has 1 amide bonds. The minimum absolute atomic E-state index is 0.0280. The Morgan fingerprint density at radius 3 is 2.58 bits per heavy atom. The number of hydrogen-bond acceptors (Lipinski definition) is 5. The van der Waals surface area contributed by atoms with Crippen molar-refractivity contribution in [2.45, 2.75) is 18.1 Å². The van der Waals surface area contributed by atoms with Crippen LogP contribution in [0.1, 0.15) is 20.9 Å². The zero-order chi connectivity index (χ0) is 14.2. The quantitative estimate of drug-likeness (QED) is 0.814. The highest BCUT2D eigenvalue weighted by Gasteiger charge is 2.23. The van der Waals surface area contributed by atoms with E-state index in [2.05, 4.69) is 5.16 Å². The third kappa shape index (κ3) is 2.55. The minimum Gasteiger partial charge on any atom is -0.356 e. The van der Waals surface area contributed by atoms with Crippen LogP contribution in [0.5, 0.6) is 0 Å². The Morgan fingerprint density at radius 2 is 2.11 bits per heavy atom. The number of carbonyl (C=O) groups is 1. The van der Waals surface area contributed by atoms with Crippen LogP contribution in [0.15, 0.2) is 14.8 Å². The van der Waals surface area contributed by atoms with Gasteiger partial charge in [-0.15, -0.1) is 23.1 Å². The van der Waals surface area contributed by atoms with E-state index in [9.17, 15) is 4.79 Å². The van der Waals surface area contributed by atoms with Crippen molar-refractivity contribution in [2.75, 3.05) is 20.4 Å². The van der Waals surface area contributed by atoms with E-state index in [1.165, 1.54) is 11.3 Å². The van der Waals surface area contributed by atoms with E-state index >= 15 is 0 Å². The van der Waals surface area contributed by atoms with Gasteiger partial charge in [0.15, 0.2) is 5.76 Å². The molecule has 0 aliphatic carbocycles. The molecule has 0 unspecified atom stereocenters. The van der Waals surface area contributed by atoms with Crippen LogP contribution in [0.4, 0.5) is 0 Å². The maximum Gasteiger partial charge on any atom is 0.263 e. The zero-order valence-electron chi connectivity index (χ0n) is 11.6. The number of amides is 1. The summed E-state index contributed by atoms with van der Waals surface area (Å²) in [6.45, 7) is 3.85. The second-order valence-electron chi connectivity index (χ2n) is 4.45. The summed E-state index contributed by atoms with van der Waals surface area (Å²) in [7, 11) is 3.52. The lowest BCUT2D eigenvalue weighted by atomic mass is 10.1. The molecule has 0 N–H and O–H groups in total. The van der Waals surface area contributed by atoms with E-state index in [1.807, 2.05) is 26.2 Å². The van der Waals surface area contributed by atoms with Gasteiger partial charge in [0, 0.05) is 25.7 Å². The number of aromatic nitrogens is 1. The molecule has 0 saturated heterocycles. The van der Waals surface area contributed by atoms with Crippen molar-refractivity contribution in [3.8, 4) is 11.3 Å². The van der Waals surface area contributed by atoms with Gasteiger partial charge in [-0.25, -0.2) is 0 Å². The highest BCUT2D eigenvalue weighted by Crippen LogP contribution is 2.42. The number of thiophene rings is 1. The molecule has 2 heterocycles. The first kappa shape index (κ1) is 14.1. The molecular weight excluding hydrogens is 280 g/mol. The Balaban J connectivity index is 2.58. The van der Waals surface area contributed by atoms with Crippen LogP contribution in [0.2, 0.25) is 0 Å². The molecule has 2 aromatic heterocycles. The molecule has 0 fully saturated rings. The Hall–Kier alpha value is -1.27. The molecule has 0 bridgehead atoms. The summed E-state index contributed by atoms with van der Waals surface area (Å²) >= 11 is 3.13. The summed E-state index contributed by atoms with van der Waals surface area (Å²) in [6.07, 6.45) is 2.00. The summed E-state index contributed by atoms with van der Waals surface area (Å²) in [5.74, 6) is 0.758. The molecule has 0 atom stereocenters. The minimum atomic E-state index is 0.0280. The molecule has 0 saturated carbocycles. The van der Waals surface area contributed by atoms with Gasteiger partial charge >= 0.3 is 0 Å². The predicted molar refractivity (Wildman–Crippen MR) is 79.1 cm³/mol. The maximum absolute atomic E-state index is 12.2. The first-order chi connectivity index (χ1) is 8.95. The Kier molecular flexibility index (Phi) is 4.01. The third-order valence-electron chi connectivity index (χ3n) is 2.77. The fourth-order valence-corrected chi connectivity index (χ4v) is 3.91. The van der Waals surface area contributed by atoms with Crippen LogP contribution in [0.3, 0.4) is 0 Å². The fourth-order valence-electron chi connectivity index (χ4n) is 1.80. The summed E-state index contributed by atoms with van der Waals surface area (Å²) in [6, 6.07) is 1.90. The van der Waals surface area contributed by atoms with Crippen LogP contribution in [0, 0.1) is 13.8 Å². The molecule has 0 aliphatic heterocycles. The molecule has 0 aliphatic rings. The van der Waals surface area contributed by atoms with Gasteiger partial charge < -0.3 is 9.42 Å². The van der Waals surface area contributed by atoms with E-state index in [0.717, 1.165) is 31.7 Å². The van der Waals surface area contributed by atoms with Crippen molar-refractivity contribution in [2.24, 2.45) is 0 Å². The monoisotopic (exact) mass is 296 g/mol. The van der Waals surface area contributed by atoms with Crippen molar-refractivity contribution < 1.29 is 9.32 Å². The highest BCUT2D eigenvalue weighted by atomic mass is 32.2. The first-order valence-electron chi connectivity index (χ1n) is 5.78. The lowest BCUT2D eigenvalue weighted by Gasteiger charge is -2.08. The van der Waals surface area contributed by atoms with Gasteiger partial charge in [0.1, 0.15) is 0 Å². The molecule has 4 nitrogen and oxygen atoms in total. The number of aryl methyl sites for hydroxylation is 1. The molecule has 0 radical (unpaired) electrons. The lowest BCUT2D eigenvalue weighted by molar-refractivity contribution is 0.0831. The second-order valence-corrected chi connectivity index (χ2v) is 6.55. The van der Waals surface area contributed by atoms with Gasteiger partial charge in [-0.2, -0.15) is 0 Å². The second kappa shape index (κ2) is 5.38. The molecular formula is C13H16N2O2S2. The number of nitrogens with zero attached hydrogens (tertiary/aromatic N) is 2. The maximum atomic E-state index is 12.2. The van der Waals surface area contributed by atoms with Crippen LogP contribution in [-0.2, 0) is 0 Å². The lowest BCUT2D eigenvalue weighted by Crippen LogP contribution is -2.21. The summed E-state index contributed by atoms with van der Waals surface area (Å²) in [5, 5.41) is 3.92. The smallest absolute Gasteiger partial charge is 0.263 e. The molecule has 0 spiro atoms. The third-order valence-corrected chi connectivity index (χ3v) is 5.17. The van der Waals surface area contributed by atoms with Crippen molar-refractivity contribution in [1.82, 2.24) is 10.1 Å². The Labute approximate surface area is 120 Å².